The number of rotatable bonds is 9. The maximum absolute atomic E-state index is 8.91. The summed E-state index contributed by atoms with van der Waals surface area (Å²) in [5, 5.41) is 12.4. The Kier molecular flexibility index (Phi) is 8.04. The highest BCUT2D eigenvalue weighted by atomic mass is 16.5. The summed E-state index contributed by atoms with van der Waals surface area (Å²) in [6.07, 6.45) is 4.52. The molecule has 1 fully saturated rings. The summed E-state index contributed by atoms with van der Waals surface area (Å²) in [5.41, 5.74) is -0.156. The number of nitriles is 1. The number of nitrogens with zero attached hydrogens (tertiary/aromatic N) is 2. The zero-order chi connectivity index (χ0) is 14.0. The lowest BCUT2D eigenvalue weighted by Crippen LogP contribution is -2.37. The largest absolute Gasteiger partial charge is 0.379 e. The molecule has 1 heterocycles. The van der Waals surface area contributed by atoms with E-state index in [9.17, 15) is 0 Å². The standard InChI is InChI=1S/C15H29N3O/c1-15(2,14-16)6-3-4-7-17-8-5-9-18-10-12-19-13-11-18/h17H,3-13H2,1-2H3. The normalized spacial score (nSPS) is 17.3. The summed E-state index contributed by atoms with van der Waals surface area (Å²) in [5.74, 6) is 0. The lowest BCUT2D eigenvalue weighted by molar-refractivity contribution is 0.0374. The van der Waals surface area contributed by atoms with Crippen LogP contribution in [0.3, 0.4) is 0 Å². The van der Waals surface area contributed by atoms with Gasteiger partial charge in [0.25, 0.3) is 0 Å². The molecule has 0 amide bonds. The first kappa shape index (κ1) is 16.4. The molecule has 0 aromatic rings. The van der Waals surface area contributed by atoms with Crippen LogP contribution in [0.25, 0.3) is 0 Å². The Morgan fingerprint density at radius 3 is 2.53 bits per heavy atom. The van der Waals surface area contributed by atoms with E-state index in [0.29, 0.717) is 0 Å². The molecule has 0 atom stereocenters. The Balaban J connectivity index is 1.85. The summed E-state index contributed by atoms with van der Waals surface area (Å²) in [6.45, 7) is 11.3. The zero-order valence-corrected chi connectivity index (χ0v) is 12.6. The third-order valence-electron chi connectivity index (χ3n) is 3.64. The number of nitrogens with one attached hydrogen (secondary N) is 1. The van der Waals surface area contributed by atoms with Crippen molar-refractivity contribution < 1.29 is 4.74 Å². The molecular weight excluding hydrogens is 238 g/mol. The lowest BCUT2D eigenvalue weighted by Gasteiger charge is -2.26. The third kappa shape index (κ3) is 8.20. The van der Waals surface area contributed by atoms with Crippen LogP contribution in [0.5, 0.6) is 0 Å². The maximum atomic E-state index is 8.91. The van der Waals surface area contributed by atoms with E-state index in [-0.39, 0.29) is 5.41 Å². The molecule has 110 valence electrons. The molecule has 0 aromatic carbocycles. The van der Waals surface area contributed by atoms with Crippen LogP contribution in [0, 0.1) is 16.7 Å². The van der Waals surface area contributed by atoms with Crippen molar-refractivity contribution in [3.63, 3.8) is 0 Å². The number of ether oxygens (including phenoxy) is 1. The summed E-state index contributed by atoms with van der Waals surface area (Å²) in [4.78, 5) is 2.47. The summed E-state index contributed by atoms with van der Waals surface area (Å²) in [6, 6.07) is 2.35. The molecule has 1 rings (SSSR count). The second-order valence-electron chi connectivity index (χ2n) is 6.01. The fourth-order valence-corrected chi connectivity index (χ4v) is 2.25. The summed E-state index contributed by atoms with van der Waals surface area (Å²) < 4.78 is 5.33. The van der Waals surface area contributed by atoms with Crippen LogP contribution in [-0.2, 0) is 4.74 Å². The Morgan fingerprint density at radius 1 is 1.16 bits per heavy atom. The van der Waals surface area contributed by atoms with Gasteiger partial charge in [-0.1, -0.05) is 6.42 Å². The van der Waals surface area contributed by atoms with Crippen LogP contribution in [0.15, 0.2) is 0 Å². The Hall–Kier alpha value is -0.630. The first-order valence-corrected chi connectivity index (χ1v) is 7.56. The molecule has 19 heavy (non-hydrogen) atoms. The molecule has 0 saturated carbocycles. The first-order valence-electron chi connectivity index (χ1n) is 7.56. The van der Waals surface area contributed by atoms with Crippen molar-refractivity contribution in [2.75, 3.05) is 45.9 Å². The highest BCUT2D eigenvalue weighted by molar-refractivity contribution is 4.91. The molecule has 0 unspecified atom stereocenters. The predicted octanol–water partition coefficient (Wildman–Crippen LogP) is 2.02. The molecule has 1 aliphatic rings. The van der Waals surface area contributed by atoms with Crippen molar-refractivity contribution >= 4 is 0 Å². The molecule has 4 nitrogen and oxygen atoms in total. The number of hydrogen-bond donors (Lipinski definition) is 1. The van der Waals surface area contributed by atoms with Gasteiger partial charge in [-0.15, -0.1) is 0 Å². The van der Waals surface area contributed by atoms with Gasteiger partial charge in [-0.2, -0.15) is 5.26 Å². The minimum atomic E-state index is -0.156. The minimum absolute atomic E-state index is 0.156. The van der Waals surface area contributed by atoms with Crippen molar-refractivity contribution in [1.29, 1.82) is 5.26 Å². The average Bonchev–Trinajstić information content (AvgIpc) is 2.43. The Labute approximate surface area is 118 Å². The van der Waals surface area contributed by atoms with Crippen LogP contribution in [0.2, 0.25) is 0 Å². The average molecular weight is 267 g/mol. The molecule has 4 heteroatoms. The van der Waals surface area contributed by atoms with Gasteiger partial charge in [0.1, 0.15) is 0 Å². The second-order valence-corrected chi connectivity index (χ2v) is 6.01. The van der Waals surface area contributed by atoms with Crippen LogP contribution in [0.4, 0.5) is 0 Å². The van der Waals surface area contributed by atoms with Crippen LogP contribution in [-0.4, -0.2) is 50.8 Å². The van der Waals surface area contributed by atoms with Crippen molar-refractivity contribution in [1.82, 2.24) is 10.2 Å². The van der Waals surface area contributed by atoms with E-state index < -0.39 is 0 Å². The van der Waals surface area contributed by atoms with E-state index in [1.54, 1.807) is 0 Å². The van der Waals surface area contributed by atoms with Gasteiger partial charge in [-0.05, 0) is 52.7 Å². The highest BCUT2D eigenvalue weighted by Crippen LogP contribution is 2.21. The first-order chi connectivity index (χ1) is 9.14. The molecule has 1 aliphatic heterocycles. The number of hydrogen-bond acceptors (Lipinski definition) is 4. The molecule has 1 N–H and O–H groups in total. The van der Waals surface area contributed by atoms with Crippen LogP contribution in [0.1, 0.15) is 39.5 Å². The van der Waals surface area contributed by atoms with Gasteiger partial charge in [0.15, 0.2) is 0 Å². The predicted molar refractivity (Wildman–Crippen MR) is 78.0 cm³/mol. The van der Waals surface area contributed by atoms with Crippen LogP contribution >= 0.6 is 0 Å². The molecule has 0 bridgehead atoms. The molecule has 0 spiro atoms. The van der Waals surface area contributed by atoms with Crippen molar-refractivity contribution in [3.8, 4) is 6.07 Å². The van der Waals surface area contributed by atoms with Gasteiger partial charge in [0.05, 0.1) is 24.7 Å². The Morgan fingerprint density at radius 2 is 1.84 bits per heavy atom. The number of morpholine rings is 1. The fraction of sp³-hybridized carbons (Fsp3) is 0.933. The number of unbranched alkanes of at least 4 members (excludes halogenated alkanes) is 1. The lowest BCUT2D eigenvalue weighted by atomic mass is 9.89. The summed E-state index contributed by atoms with van der Waals surface area (Å²) in [7, 11) is 0. The Bertz CT molecular complexity index is 267. The van der Waals surface area contributed by atoms with Crippen LogP contribution < -0.4 is 5.32 Å². The van der Waals surface area contributed by atoms with Gasteiger partial charge in [-0.25, -0.2) is 0 Å². The van der Waals surface area contributed by atoms with E-state index >= 15 is 0 Å². The quantitative estimate of drug-likeness (QED) is 0.649. The van der Waals surface area contributed by atoms with Crippen molar-refractivity contribution in [2.24, 2.45) is 5.41 Å². The van der Waals surface area contributed by atoms with E-state index in [2.05, 4.69) is 16.3 Å². The molecular formula is C15H29N3O. The molecule has 0 aromatic heterocycles. The van der Waals surface area contributed by atoms with Crippen molar-refractivity contribution in [3.05, 3.63) is 0 Å². The SMILES string of the molecule is CC(C)(C#N)CCCCNCCCN1CCOCC1. The van der Waals surface area contributed by atoms with E-state index in [4.69, 9.17) is 10.00 Å². The smallest absolute Gasteiger partial charge is 0.0683 e. The van der Waals surface area contributed by atoms with E-state index in [1.807, 2.05) is 13.8 Å². The van der Waals surface area contributed by atoms with Gasteiger partial charge >= 0.3 is 0 Å². The van der Waals surface area contributed by atoms with Crippen molar-refractivity contribution in [2.45, 2.75) is 39.5 Å². The third-order valence-corrected chi connectivity index (χ3v) is 3.64. The second kappa shape index (κ2) is 9.30. The molecule has 1 saturated heterocycles. The molecule has 0 radical (unpaired) electrons. The van der Waals surface area contributed by atoms with Gasteiger partial charge < -0.3 is 10.1 Å². The van der Waals surface area contributed by atoms with E-state index in [1.165, 1.54) is 19.4 Å². The van der Waals surface area contributed by atoms with Gasteiger partial charge in [-0.3, -0.25) is 4.90 Å². The fourth-order valence-electron chi connectivity index (χ4n) is 2.25. The maximum Gasteiger partial charge on any atom is 0.0683 e. The van der Waals surface area contributed by atoms with Gasteiger partial charge in [0, 0.05) is 13.1 Å². The minimum Gasteiger partial charge on any atom is -0.379 e. The topological polar surface area (TPSA) is 48.3 Å². The monoisotopic (exact) mass is 267 g/mol. The zero-order valence-electron chi connectivity index (χ0n) is 12.6. The highest BCUT2D eigenvalue weighted by Gasteiger charge is 2.15. The molecule has 0 aliphatic carbocycles. The van der Waals surface area contributed by atoms with E-state index in [0.717, 1.165) is 52.2 Å². The summed E-state index contributed by atoms with van der Waals surface area (Å²) >= 11 is 0. The van der Waals surface area contributed by atoms with Gasteiger partial charge in [0.2, 0.25) is 0 Å².